The van der Waals surface area contributed by atoms with Gasteiger partial charge in [-0.2, -0.15) is 0 Å². The molecule has 0 unspecified atom stereocenters. The van der Waals surface area contributed by atoms with Crippen molar-refractivity contribution >= 4 is 5.78 Å². The average Bonchev–Trinajstić information content (AvgIpc) is 2.26. The minimum absolute atomic E-state index is 0.156. The van der Waals surface area contributed by atoms with Crippen LogP contribution in [0.5, 0.6) is 0 Å². The van der Waals surface area contributed by atoms with Gasteiger partial charge in [-0.1, -0.05) is 37.3 Å². The molecule has 0 aromatic heterocycles. The number of hydrogen-bond donors (Lipinski definition) is 1. The summed E-state index contributed by atoms with van der Waals surface area (Å²) in [4.78, 5) is 11.8. The van der Waals surface area contributed by atoms with Crippen molar-refractivity contribution in [3.63, 3.8) is 0 Å². The molecule has 0 saturated heterocycles. The highest BCUT2D eigenvalue weighted by molar-refractivity contribution is 5.85. The van der Waals surface area contributed by atoms with Gasteiger partial charge >= 0.3 is 0 Å². The van der Waals surface area contributed by atoms with Gasteiger partial charge in [0.1, 0.15) is 0 Å². The highest BCUT2D eigenvalue weighted by Gasteiger charge is 2.18. The second-order valence-corrected chi connectivity index (χ2v) is 3.98. The van der Waals surface area contributed by atoms with E-state index in [4.69, 9.17) is 0 Å². The molecule has 1 N–H and O–H groups in total. The zero-order chi connectivity index (χ0) is 11.3. The summed E-state index contributed by atoms with van der Waals surface area (Å²) in [5, 5.41) is 3.30. The molecule has 0 amide bonds. The third-order valence-corrected chi connectivity index (χ3v) is 2.30. The van der Waals surface area contributed by atoms with Crippen LogP contribution in [0.2, 0.25) is 0 Å². The van der Waals surface area contributed by atoms with E-state index in [9.17, 15) is 4.79 Å². The molecule has 1 rings (SSSR count). The summed E-state index contributed by atoms with van der Waals surface area (Å²) in [5.74, 6) is 0.245. The van der Waals surface area contributed by atoms with Gasteiger partial charge in [0.2, 0.25) is 0 Å². The van der Waals surface area contributed by atoms with Crippen molar-refractivity contribution in [3.8, 4) is 0 Å². The second kappa shape index (κ2) is 5.66. The summed E-state index contributed by atoms with van der Waals surface area (Å²) >= 11 is 0. The highest BCUT2D eigenvalue weighted by atomic mass is 16.1. The molecule has 82 valence electrons. The van der Waals surface area contributed by atoms with Crippen molar-refractivity contribution < 1.29 is 4.79 Å². The number of rotatable bonds is 5. The minimum atomic E-state index is -0.156. The maximum absolute atomic E-state index is 11.8. The molecule has 0 saturated carbocycles. The zero-order valence-electron chi connectivity index (χ0n) is 9.66. The van der Waals surface area contributed by atoms with Gasteiger partial charge in [0.25, 0.3) is 0 Å². The number of carbonyl (C=O) groups excluding carboxylic acids is 1. The monoisotopic (exact) mass is 205 g/mol. The maximum Gasteiger partial charge on any atom is 0.154 e. The molecular formula is C13H19NO. The molecule has 0 aliphatic rings. The van der Waals surface area contributed by atoms with Crippen molar-refractivity contribution in [2.45, 2.75) is 39.3 Å². The SMILES string of the molecule is CCC(=O)[C@H](NC(C)C)c1ccccc1. The Morgan fingerprint density at radius 1 is 1.27 bits per heavy atom. The molecule has 2 nitrogen and oxygen atoms in total. The molecule has 0 aliphatic heterocycles. The minimum Gasteiger partial charge on any atom is -0.302 e. The second-order valence-electron chi connectivity index (χ2n) is 3.98. The third-order valence-electron chi connectivity index (χ3n) is 2.30. The van der Waals surface area contributed by atoms with Crippen LogP contribution in [-0.4, -0.2) is 11.8 Å². The fourth-order valence-corrected chi connectivity index (χ4v) is 1.56. The molecule has 1 atom stereocenters. The number of Topliss-reactive ketones (excluding diaryl/α,β-unsaturated/α-hetero) is 1. The van der Waals surface area contributed by atoms with E-state index in [2.05, 4.69) is 19.2 Å². The summed E-state index contributed by atoms with van der Waals surface area (Å²) in [7, 11) is 0. The molecular weight excluding hydrogens is 186 g/mol. The van der Waals surface area contributed by atoms with Crippen LogP contribution in [0.4, 0.5) is 0 Å². The first-order chi connectivity index (χ1) is 7.15. The number of ketones is 1. The summed E-state index contributed by atoms with van der Waals surface area (Å²) in [6, 6.07) is 10.0. The number of hydrogen-bond acceptors (Lipinski definition) is 2. The van der Waals surface area contributed by atoms with Crippen LogP contribution in [-0.2, 0) is 4.79 Å². The lowest BCUT2D eigenvalue weighted by molar-refractivity contribution is -0.121. The molecule has 0 fully saturated rings. The van der Waals surface area contributed by atoms with Crippen LogP contribution in [0.3, 0.4) is 0 Å². The summed E-state index contributed by atoms with van der Waals surface area (Å²) in [6.45, 7) is 6.01. The van der Waals surface area contributed by atoms with Gasteiger partial charge in [-0.15, -0.1) is 0 Å². The molecule has 0 heterocycles. The van der Waals surface area contributed by atoms with Gasteiger partial charge in [-0.05, 0) is 19.4 Å². The van der Waals surface area contributed by atoms with Crippen molar-refractivity contribution in [3.05, 3.63) is 35.9 Å². The van der Waals surface area contributed by atoms with Gasteiger partial charge in [-0.25, -0.2) is 0 Å². The van der Waals surface area contributed by atoms with Crippen molar-refractivity contribution in [2.75, 3.05) is 0 Å². The molecule has 1 aromatic carbocycles. The molecule has 0 radical (unpaired) electrons. The summed E-state index contributed by atoms with van der Waals surface area (Å²) in [6.07, 6.45) is 0.569. The van der Waals surface area contributed by atoms with E-state index in [1.807, 2.05) is 37.3 Å². The van der Waals surface area contributed by atoms with Crippen molar-refractivity contribution in [1.82, 2.24) is 5.32 Å². The van der Waals surface area contributed by atoms with Gasteiger partial charge in [0.05, 0.1) is 6.04 Å². The number of benzene rings is 1. The maximum atomic E-state index is 11.8. The molecule has 0 spiro atoms. The highest BCUT2D eigenvalue weighted by Crippen LogP contribution is 2.15. The number of nitrogens with one attached hydrogen (secondary N) is 1. The van der Waals surface area contributed by atoms with E-state index in [0.29, 0.717) is 12.5 Å². The van der Waals surface area contributed by atoms with Crippen LogP contribution in [0, 0.1) is 0 Å². The van der Waals surface area contributed by atoms with E-state index >= 15 is 0 Å². The quantitative estimate of drug-likeness (QED) is 0.800. The summed E-state index contributed by atoms with van der Waals surface area (Å²) in [5.41, 5.74) is 1.05. The normalized spacial score (nSPS) is 12.8. The Kier molecular flexibility index (Phi) is 4.50. The number of carbonyl (C=O) groups is 1. The van der Waals surface area contributed by atoms with Crippen LogP contribution in [0.15, 0.2) is 30.3 Å². The average molecular weight is 205 g/mol. The Hall–Kier alpha value is -1.15. The Labute approximate surface area is 91.7 Å². The van der Waals surface area contributed by atoms with Crippen LogP contribution >= 0.6 is 0 Å². The van der Waals surface area contributed by atoms with E-state index in [-0.39, 0.29) is 11.8 Å². The first kappa shape index (κ1) is 11.9. The van der Waals surface area contributed by atoms with E-state index in [0.717, 1.165) is 5.56 Å². The Balaban J connectivity index is 2.86. The van der Waals surface area contributed by atoms with Gasteiger partial charge in [0, 0.05) is 12.5 Å². The summed E-state index contributed by atoms with van der Waals surface area (Å²) < 4.78 is 0. The smallest absolute Gasteiger partial charge is 0.154 e. The van der Waals surface area contributed by atoms with Crippen LogP contribution in [0.25, 0.3) is 0 Å². The Bertz CT molecular complexity index is 306. The zero-order valence-corrected chi connectivity index (χ0v) is 9.66. The molecule has 0 aliphatic carbocycles. The Morgan fingerprint density at radius 3 is 2.33 bits per heavy atom. The van der Waals surface area contributed by atoms with Crippen LogP contribution < -0.4 is 5.32 Å². The first-order valence-electron chi connectivity index (χ1n) is 5.48. The first-order valence-corrected chi connectivity index (χ1v) is 5.48. The molecule has 15 heavy (non-hydrogen) atoms. The van der Waals surface area contributed by atoms with E-state index in [1.54, 1.807) is 0 Å². The van der Waals surface area contributed by atoms with Crippen molar-refractivity contribution in [2.24, 2.45) is 0 Å². The van der Waals surface area contributed by atoms with E-state index < -0.39 is 0 Å². The predicted molar refractivity (Wildman–Crippen MR) is 62.8 cm³/mol. The van der Waals surface area contributed by atoms with Gasteiger partial charge in [0.15, 0.2) is 5.78 Å². The lowest BCUT2D eigenvalue weighted by Gasteiger charge is -2.19. The third kappa shape index (κ3) is 3.48. The molecule has 1 aromatic rings. The lowest BCUT2D eigenvalue weighted by Crippen LogP contribution is -2.33. The van der Waals surface area contributed by atoms with Gasteiger partial charge < -0.3 is 5.32 Å². The fourth-order valence-electron chi connectivity index (χ4n) is 1.56. The lowest BCUT2D eigenvalue weighted by atomic mass is 10.0. The molecule has 2 heteroatoms. The van der Waals surface area contributed by atoms with Crippen molar-refractivity contribution in [1.29, 1.82) is 0 Å². The molecule has 0 bridgehead atoms. The fraction of sp³-hybridized carbons (Fsp3) is 0.462. The predicted octanol–water partition coefficient (Wildman–Crippen LogP) is 2.70. The topological polar surface area (TPSA) is 29.1 Å². The largest absolute Gasteiger partial charge is 0.302 e. The van der Waals surface area contributed by atoms with E-state index in [1.165, 1.54) is 0 Å². The Morgan fingerprint density at radius 2 is 1.87 bits per heavy atom. The van der Waals surface area contributed by atoms with Crippen LogP contribution in [0.1, 0.15) is 38.8 Å². The standard InChI is InChI=1S/C13H19NO/c1-4-12(15)13(14-10(2)3)11-8-6-5-7-9-11/h5-10,13-14H,4H2,1-3H3/t13-/m1/s1. The van der Waals surface area contributed by atoms with Gasteiger partial charge in [-0.3, -0.25) is 4.79 Å².